The van der Waals surface area contributed by atoms with Crippen LogP contribution in [-0.2, 0) is 4.74 Å². The van der Waals surface area contributed by atoms with E-state index in [-0.39, 0.29) is 5.60 Å². The lowest BCUT2D eigenvalue weighted by atomic mass is 9.94. The Morgan fingerprint density at radius 3 is 1.73 bits per heavy atom. The van der Waals surface area contributed by atoms with Crippen molar-refractivity contribution in [1.82, 2.24) is 0 Å². The summed E-state index contributed by atoms with van der Waals surface area (Å²) in [4.78, 5) is 0. The highest BCUT2D eigenvalue weighted by molar-refractivity contribution is 6.19. The van der Waals surface area contributed by atoms with E-state index in [2.05, 4.69) is 27.4 Å². The molecule has 0 spiro atoms. The fourth-order valence-corrected chi connectivity index (χ4v) is 1.77. The molecular formula is C9H20OSi. The fourth-order valence-electron chi connectivity index (χ4n) is 1.34. The number of hydrogen-bond acceptors (Lipinski definition) is 1. The predicted molar refractivity (Wildman–Crippen MR) is 53.8 cm³/mol. The molecule has 0 heterocycles. The van der Waals surface area contributed by atoms with Crippen molar-refractivity contribution in [2.24, 2.45) is 0 Å². The van der Waals surface area contributed by atoms with E-state index in [9.17, 15) is 0 Å². The van der Waals surface area contributed by atoms with Crippen LogP contribution in [0.2, 0.25) is 0 Å². The minimum atomic E-state index is 0.0822. The molecule has 0 amide bonds. The fraction of sp³-hybridized carbons (Fsp3) is 0.778. The molecule has 0 fully saturated rings. The Labute approximate surface area is 73.3 Å². The van der Waals surface area contributed by atoms with Crippen LogP contribution < -0.4 is 0 Å². The average Bonchev–Trinajstić information content (AvgIpc) is 2.00. The molecule has 0 saturated carbocycles. The van der Waals surface area contributed by atoms with Gasteiger partial charge in [0.15, 0.2) is 0 Å². The monoisotopic (exact) mass is 172 g/mol. The summed E-state index contributed by atoms with van der Waals surface area (Å²) in [6.45, 7) is 10.4. The molecular weight excluding hydrogens is 152 g/mol. The van der Waals surface area contributed by atoms with Gasteiger partial charge < -0.3 is 4.74 Å². The van der Waals surface area contributed by atoms with E-state index in [1.807, 2.05) is 0 Å². The van der Waals surface area contributed by atoms with Gasteiger partial charge in [0, 0.05) is 0 Å². The minimum absolute atomic E-state index is 0.0822. The van der Waals surface area contributed by atoms with E-state index in [0.29, 0.717) is 0 Å². The average molecular weight is 172 g/mol. The van der Waals surface area contributed by atoms with Gasteiger partial charge in [-0.1, -0.05) is 27.4 Å². The van der Waals surface area contributed by atoms with E-state index in [4.69, 9.17) is 4.74 Å². The molecule has 66 valence electrons. The Morgan fingerprint density at radius 2 is 1.64 bits per heavy atom. The van der Waals surface area contributed by atoms with Crippen molar-refractivity contribution >= 4 is 10.2 Å². The molecule has 0 aliphatic rings. The zero-order valence-electron chi connectivity index (χ0n) is 8.24. The molecule has 0 aromatic rings. The van der Waals surface area contributed by atoms with Gasteiger partial charge in [0.1, 0.15) is 5.60 Å². The maximum absolute atomic E-state index is 5.75. The van der Waals surface area contributed by atoms with Gasteiger partial charge in [-0.2, -0.15) is 0 Å². The van der Waals surface area contributed by atoms with Crippen molar-refractivity contribution in [1.29, 1.82) is 0 Å². The largest absolute Gasteiger partial charge is 0.498 e. The van der Waals surface area contributed by atoms with Gasteiger partial charge in [-0.05, 0) is 19.3 Å². The molecule has 11 heavy (non-hydrogen) atoms. The zero-order chi connectivity index (χ0) is 8.91. The van der Waals surface area contributed by atoms with Crippen LogP contribution in [0.25, 0.3) is 0 Å². The minimum Gasteiger partial charge on any atom is -0.498 e. The normalized spacial score (nSPS) is 11.5. The second kappa shape index (κ2) is 4.60. The van der Waals surface area contributed by atoms with E-state index in [0.717, 1.165) is 34.9 Å². The second-order valence-electron chi connectivity index (χ2n) is 3.05. The molecule has 0 saturated heterocycles. The third kappa shape index (κ3) is 3.10. The summed E-state index contributed by atoms with van der Waals surface area (Å²) in [5.41, 5.74) is 0.0822. The lowest BCUT2D eigenvalue weighted by molar-refractivity contribution is 0.00387. The maximum Gasteiger partial charge on any atom is 0.107 e. The molecule has 0 bridgehead atoms. The maximum atomic E-state index is 5.75. The van der Waals surface area contributed by atoms with Crippen LogP contribution in [-0.4, -0.2) is 15.8 Å². The molecule has 0 aliphatic heterocycles. The van der Waals surface area contributed by atoms with Crippen LogP contribution in [0.5, 0.6) is 0 Å². The lowest BCUT2D eigenvalue weighted by Crippen LogP contribution is -2.29. The van der Waals surface area contributed by atoms with E-state index in [1.165, 1.54) is 0 Å². The summed E-state index contributed by atoms with van der Waals surface area (Å²) in [5, 5.41) is 0.968. The smallest absolute Gasteiger partial charge is 0.107 e. The Morgan fingerprint density at radius 1 is 1.27 bits per heavy atom. The topological polar surface area (TPSA) is 9.23 Å². The predicted octanol–water partition coefficient (Wildman–Crippen LogP) is 1.81. The first-order valence-corrected chi connectivity index (χ1v) is 5.44. The molecule has 0 rings (SSSR count). The molecule has 0 aromatic carbocycles. The first-order chi connectivity index (χ1) is 5.10. The van der Waals surface area contributed by atoms with E-state index in [1.54, 1.807) is 0 Å². The van der Waals surface area contributed by atoms with Crippen LogP contribution in [0.1, 0.15) is 40.0 Å². The SMILES string of the molecule is C=C([SiH3])OC(CC)(CC)CC. The summed E-state index contributed by atoms with van der Waals surface area (Å²) in [7, 11) is 0.947. The first-order valence-electron chi connectivity index (χ1n) is 4.44. The molecule has 0 unspecified atom stereocenters. The van der Waals surface area contributed by atoms with E-state index < -0.39 is 0 Å². The standard InChI is InChI=1S/C9H20OSi/c1-5-9(6-2,7-3)10-8(4)11/h4-7H2,1-3,11H3. The van der Waals surface area contributed by atoms with Crippen molar-refractivity contribution in [2.75, 3.05) is 0 Å². The van der Waals surface area contributed by atoms with Crippen molar-refractivity contribution in [3.63, 3.8) is 0 Å². The molecule has 0 aromatic heterocycles. The summed E-state index contributed by atoms with van der Waals surface area (Å²) < 4.78 is 5.75. The Kier molecular flexibility index (Phi) is 4.50. The van der Waals surface area contributed by atoms with Crippen LogP contribution in [0, 0.1) is 0 Å². The van der Waals surface area contributed by atoms with Crippen molar-refractivity contribution in [2.45, 2.75) is 45.6 Å². The summed E-state index contributed by atoms with van der Waals surface area (Å²) in [5.74, 6) is 0. The molecule has 0 radical (unpaired) electrons. The highest BCUT2D eigenvalue weighted by Gasteiger charge is 2.24. The lowest BCUT2D eigenvalue weighted by Gasteiger charge is -2.31. The summed E-state index contributed by atoms with van der Waals surface area (Å²) >= 11 is 0. The van der Waals surface area contributed by atoms with Crippen molar-refractivity contribution in [3.8, 4) is 0 Å². The van der Waals surface area contributed by atoms with Gasteiger partial charge in [0.2, 0.25) is 0 Å². The third-order valence-electron chi connectivity index (χ3n) is 2.32. The molecule has 2 heteroatoms. The Hall–Kier alpha value is -0.243. The van der Waals surface area contributed by atoms with Crippen LogP contribution in [0.4, 0.5) is 0 Å². The summed E-state index contributed by atoms with van der Waals surface area (Å²) in [6.07, 6.45) is 3.25. The quantitative estimate of drug-likeness (QED) is 0.454. The van der Waals surface area contributed by atoms with Gasteiger partial charge >= 0.3 is 0 Å². The van der Waals surface area contributed by atoms with Gasteiger partial charge in [-0.25, -0.2) is 0 Å². The van der Waals surface area contributed by atoms with Gasteiger partial charge in [0.05, 0.1) is 15.6 Å². The second-order valence-corrected chi connectivity index (χ2v) is 4.16. The van der Waals surface area contributed by atoms with Crippen molar-refractivity contribution in [3.05, 3.63) is 12.0 Å². The molecule has 1 nitrogen and oxygen atoms in total. The molecule has 0 atom stereocenters. The van der Waals surface area contributed by atoms with Crippen LogP contribution >= 0.6 is 0 Å². The highest BCUT2D eigenvalue weighted by atomic mass is 28.1. The number of ether oxygens (including phenoxy) is 1. The van der Waals surface area contributed by atoms with Gasteiger partial charge in [0.25, 0.3) is 0 Å². The number of hydrogen-bond donors (Lipinski definition) is 0. The first kappa shape index (κ1) is 10.8. The van der Waals surface area contributed by atoms with Crippen LogP contribution in [0.15, 0.2) is 12.0 Å². The van der Waals surface area contributed by atoms with E-state index >= 15 is 0 Å². The molecule has 0 N–H and O–H groups in total. The molecule has 0 aliphatic carbocycles. The Balaban J connectivity index is 4.16. The third-order valence-corrected chi connectivity index (χ3v) is 2.53. The Bertz CT molecular complexity index is 119. The van der Waals surface area contributed by atoms with Crippen molar-refractivity contribution < 1.29 is 4.74 Å². The zero-order valence-corrected chi connectivity index (χ0v) is 10.2. The highest BCUT2D eigenvalue weighted by Crippen LogP contribution is 2.25. The van der Waals surface area contributed by atoms with Crippen LogP contribution in [0.3, 0.4) is 0 Å². The van der Waals surface area contributed by atoms with Gasteiger partial charge in [-0.15, -0.1) is 0 Å². The summed E-state index contributed by atoms with van der Waals surface area (Å²) in [6, 6.07) is 0. The number of rotatable bonds is 5. The van der Waals surface area contributed by atoms with Gasteiger partial charge in [-0.3, -0.25) is 0 Å².